The van der Waals surface area contributed by atoms with Crippen LogP contribution in [0.25, 0.3) is 0 Å². The Morgan fingerprint density at radius 1 is 1.43 bits per heavy atom. The Labute approximate surface area is 84.1 Å². The summed E-state index contributed by atoms with van der Waals surface area (Å²) >= 11 is 0. The Bertz CT molecular complexity index is 331. The lowest BCUT2D eigenvalue weighted by Crippen LogP contribution is -2.22. The molecule has 4 atom stereocenters. The summed E-state index contributed by atoms with van der Waals surface area (Å²) in [6.07, 6.45) is 3.39. The molecule has 0 heterocycles. The monoisotopic (exact) mass is 192 g/mol. The summed E-state index contributed by atoms with van der Waals surface area (Å²) in [4.78, 5) is 22.4. The first-order valence-electron chi connectivity index (χ1n) is 5.48. The zero-order chi connectivity index (χ0) is 10.1. The molecule has 3 aliphatic rings. The molecule has 0 aromatic rings. The number of carbonyl (C=O) groups is 2. The molecule has 76 valence electrons. The SMILES string of the molecule is CC1(C)C[C@]2(CC=O)CC(=O)C3C1[C@@H]32. The van der Waals surface area contributed by atoms with Crippen molar-refractivity contribution in [2.75, 3.05) is 0 Å². The van der Waals surface area contributed by atoms with E-state index < -0.39 is 0 Å². The first-order valence-corrected chi connectivity index (χ1v) is 5.48. The number of hydrogen-bond donors (Lipinski definition) is 0. The first kappa shape index (κ1) is 8.63. The smallest absolute Gasteiger partial charge is 0.137 e. The molecule has 2 nitrogen and oxygen atoms in total. The van der Waals surface area contributed by atoms with Gasteiger partial charge in [-0.2, -0.15) is 0 Å². The van der Waals surface area contributed by atoms with E-state index in [4.69, 9.17) is 0 Å². The van der Waals surface area contributed by atoms with Crippen LogP contribution in [-0.2, 0) is 9.59 Å². The number of ketones is 1. The van der Waals surface area contributed by atoms with Gasteiger partial charge in [0.15, 0.2) is 0 Å². The van der Waals surface area contributed by atoms with Gasteiger partial charge >= 0.3 is 0 Å². The molecule has 3 fully saturated rings. The predicted molar refractivity (Wildman–Crippen MR) is 51.6 cm³/mol. The van der Waals surface area contributed by atoms with Crippen LogP contribution in [0.4, 0.5) is 0 Å². The van der Waals surface area contributed by atoms with Crippen molar-refractivity contribution in [3.8, 4) is 0 Å². The number of Topliss-reactive ketones (excluding diaryl/α,β-unsaturated/α-hetero) is 1. The molecule has 2 heteroatoms. The fourth-order valence-electron chi connectivity index (χ4n) is 4.68. The average Bonchev–Trinajstić information content (AvgIpc) is 2.67. The van der Waals surface area contributed by atoms with E-state index in [0.717, 1.165) is 12.7 Å². The van der Waals surface area contributed by atoms with E-state index in [9.17, 15) is 9.59 Å². The van der Waals surface area contributed by atoms with Gasteiger partial charge in [-0.1, -0.05) is 13.8 Å². The normalized spacial score (nSPS) is 51.9. The third-order valence-electron chi connectivity index (χ3n) is 4.82. The fraction of sp³-hybridized carbons (Fsp3) is 0.833. The van der Waals surface area contributed by atoms with Crippen molar-refractivity contribution in [3.05, 3.63) is 0 Å². The number of carbonyl (C=O) groups excluding carboxylic acids is 2. The molecule has 0 aromatic carbocycles. The molecule has 0 aromatic heterocycles. The topological polar surface area (TPSA) is 34.1 Å². The van der Waals surface area contributed by atoms with Crippen LogP contribution >= 0.6 is 0 Å². The van der Waals surface area contributed by atoms with Crippen molar-refractivity contribution in [1.29, 1.82) is 0 Å². The van der Waals surface area contributed by atoms with Gasteiger partial charge in [0.1, 0.15) is 12.1 Å². The Morgan fingerprint density at radius 2 is 2.14 bits per heavy atom. The molecule has 3 saturated carbocycles. The second-order valence-electron chi connectivity index (χ2n) is 6.12. The number of aldehydes is 1. The second-order valence-corrected chi connectivity index (χ2v) is 6.12. The number of hydrogen-bond acceptors (Lipinski definition) is 2. The van der Waals surface area contributed by atoms with Gasteiger partial charge in [-0.15, -0.1) is 0 Å². The van der Waals surface area contributed by atoms with Crippen LogP contribution in [0, 0.1) is 28.6 Å². The lowest BCUT2D eigenvalue weighted by atomic mass is 9.75. The minimum atomic E-state index is 0.0810. The quantitative estimate of drug-likeness (QED) is 0.625. The Hall–Kier alpha value is -0.660. The van der Waals surface area contributed by atoms with Gasteiger partial charge in [0.05, 0.1) is 0 Å². The third-order valence-corrected chi connectivity index (χ3v) is 4.82. The van der Waals surface area contributed by atoms with Gasteiger partial charge in [0.25, 0.3) is 0 Å². The fourth-order valence-corrected chi connectivity index (χ4v) is 4.68. The molecular formula is C12H16O2. The summed E-state index contributed by atoms with van der Waals surface area (Å²) < 4.78 is 0. The van der Waals surface area contributed by atoms with Crippen LogP contribution in [0.15, 0.2) is 0 Å². The van der Waals surface area contributed by atoms with Gasteiger partial charge < -0.3 is 4.79 Å². The average molecular weight is 192 g/mol. The van der Waals surface area contributed by atoms with Crippen LogP contribution in [0.5, 0.6) is 0 Å². The van der Waals surface area contributed by atoms with E-state index >= 15 is 0 Å². The van der Waals surface area contributed by atoms with Gasteiger partial charge in [-0.05, 0) is 29.1 Å². The number of fused-ring (bicyclic) bond motifs is 1. The molecule has 3 aliphatic carbocycles. The molecule has 0 radical (unpaired) electrons. The van der Waals surface area contributed by atoms with Crippen LogP contribution in [0.3, 0.4) is 0 Å². The van der Waals surface area contributed by atoms with Crippen LogP contribution < -0.4 is 0 Å². The molecule has 0 bridgehead atoms. The molecule has 0 saturated heterocycles. The molecule has 0 aliphatic heterocycles. The van der Waals surface area contributed by atoms with Crippen LogP contribution in [0.1, 0.15) is 33.1 Å². The summed E-state index contributed by atoms with van der Waals surface area (Å²) in [6.45, 7) is 4.52. The molecule has 14 heavy (non-hydrogen) atoms. The van der Waals surface area contributed by atoms with Gasteiger partial charge in [0.2, 0.25) is 0 Å². The number of rotatable bonds is 2. The standard InChI is InChI=1S/C12H16O2/c1-11(2)6-12(3-4-13)5-7(14)8-9(11)10(8)12/h4,8-10H,3,5-6H2,1-2H3/t8?,9?,10-,12+/m1/s1. The zero-order valence-electron chi connectivity index (χ0n) is 8.75. The van der Waals surface area contributed by atoms with Crippen LogP contribution in [0.2, 0.25) is 0 Å². The maximum absolute atomic E-state index is 11.7. The van der Waals surface area contributed by atoms with Crippen molar-refractivity contribution in [3.63, 3.8) is 0 Å². The minimum absolute atomic E-state index is 0.0810. The lowest BCUT2D eigenvalue weighted by Gasteiger charge is -2.28. The van der Waals surface area contributed by atoms with Gasteiger partial charge in [-0.25, -0.2) is 0 Å². The van der Waals surface area contributed by atoms with Crippen molar-refractivity contribution >= 4 is 12.1 Å². The maximum Gasteiger partial charge on any atom is 0.137 e. The largest absolute Gasteiger partial charge is 0.303 e. The molecule has 3 rings (SSSR count). The van der Waals surface area contributed by atoms with E-state index in [1.807, 2.05) is 0 Å². The summed E-state index contributed by atoms with van der Waals surface area (Å²) in [7, 11) is 0. The minimum Gasteiger partial charge on any atom is -0.303 e. The van der Waals surface area contributed by atoms with E-state index in [-0.39, 0.29) is 5.41 Å². The molecular weight excluding hydrogens is 176 g/mol. The molecule has 0 spiro atoms. The lowest BCUT2D eigenvalue weighted by molar-refractivity contribution is -0.120. The van der Waals surface area contributed by atoms with Crippen LogP contribution in [-0.4, -0.2) is 12.1 Å². The summed E-state index contributed by atoms with van der Waals surface area (Å²) in [5.41, 5.74) is 0.377. The molecule has 2 unspecified atom stereocenters. The van der Waals surface area contributed by atoms with E-state index in [1.165, 1.54) is 0 Å². The van der Waals surface area contributed by atoms with Crippen molar-refractivity contribution in [1.82, 2.24) is 0 Å². The Kier molecular flexibility index (Phi) is 1.31. The van der Waals surface area contributed by atoms with E-state index in [1.54, 1.807) is 0 Å². The summed E-state index contributed by atoms with van der Waals surface area (Å²) in [5, 5.41) is 0. The first-order chi connectivity index (χ1) is 6.52. The van der Waals surface area contributed by atoms with Crippen molar-refractivity contribution in [2.45, 2.75) is 33.1 Å². The predicted octanol–water partition coefficient (Wildman–Crippen LogP) is 1.83. The van der Waals surface area contributed by atoms with Gasteiger partial charge in [-0.3, -0.25) is 4.79 Å². The highest BCUT2D eigenvalue weighted by Crippen LogP contribution is 2.79. The zero-order valence-corrected chi connectivity index (χ0v) is 8.75. The highest BCUT2D eigenvalue weighted by molar-refractivity contribution is 5.90. The third kappa shape index (κ3) is 0.745. The molecule has 0 N–H and O–H groups in total. The Morgan fingerprint density at radius 3 is 2.71 bits per heavy atom. The maximum atomic E-state index is 11.7. The summed E-state index contributed by atoms with van der Waals surface area (Å²) in [6, 6.07) is 0. The highest BCUT2D eigenvalue weighted by Gasteiger charge is 2.77. The Balaban J connectivity index is 2.01. The van der Waals surface area contributed by atoms with Crippen molar-refractivity contribution in [2.24, 2.45) is 28.6 Å². The van der Waals surface area contributed by atoms with E-state index in [2.05, 4.69) is 13.8 Å². The highest BCUT2D eigenvalue weighted by atomic mass is 16.1. The summed E-state index contributed by atoms with van der Waals surface area (Å²) in [5.74, 6) is 1.94. The molecule has 0 amide bonds. The van der Waals surface area contributed by atoms with E-state index in [0.29, 0.717) is 41.8 Å². The van der Waals surface area contributed by atoms with Crippen molar-refractivity contribution < 1.29 is 9.59 Å². The second kappa shape index (κ2) is 2.12. The van der Waals surface area contributed by atoms with Gasteiger partial charge in [0, 0.05) is 18.8 Å².